The van der Waals surface area contributed by atoms with Crippen LogP contribution in [0.3, 0.4) is 0 Å². The highest BCUT2D eigenvalue weighted by atomic mass is 79.9. The summed E-state index contributed by atoms with van der Waals surface area (Å²) in [6.07, 6.45) is 11.5. The minimum atomic E-state index is -4.75. The monoisotopic (exact) mass is 900 g/mol. The van der Waals surface area contributed by atoms with E-state index in [1.807, 2.05) is 48.5 Å². The third-order valence-electron chi connectivity index (χ3n) is 6.32. The number of hydrogen-bond donors (Lipinski definition) is 4. The molecule has 52 heavy (non-hydrogen) atoms. The maximum atomic E-state index is 12.5. The Balaban J connectivity index is 0.000000457. The number of nitrogens with one attached hydrogen (secondary N) is 2. The topological polar surface area (TPSA) is 176 Å². The molecule has 0 amide bonds. The molecule has 0 aliphatic carbocycles. The van der Waals surface area contributed by atoms with E-state index in [4.69, 9.17) is 18.8 Å². The number of hydrogen-bond acceptors (Lipinski definition) is 10. The predicted molar refractivity (Wildman–Crippen MR) is 221 cm³/mol. The fourth-order valence-electron chi connectivity index (χ4n) is 4.11. The van der Waals surface area contributed by atoms with Gasteiger partial charge in [0.05, 0.1) is 37.3 Å². The Hall–Kier alpha value is -2.84. The predicted octanol–water partition coefficient (Wildman–Crippen LogP) is 8.33. The van der Waals surface area contributed by atoms with Gasteiger partial charge in [0.2, 0.25) is 0 Å². The normalized spacial score (nSPS) is 15.4. The molecule has 4 N–H and O–H groups in total. The van der Waals surface area contributed by atoms with E-state index in [1.165, 1.54) is 29.9 Å². The number of carbonyl (C=O) groups is 2. The number of allylic oxidation sites excluding steroid dienone is 6. The highest BCUT2D eigenvalue weighted by molar-refractivity contribution is 9.26. The van der Waals surface area contributed by atoms with E-state index in [9.17, 15) is 18.7 Å². The molecule has 0 saturated heterocycles. The van der Waals surface area contributed by atoms with Gasteiger partial charge in [0.1, 0.15) is 6.69 Å². The first kappa shape index (κ1) is 47.2. The van der Waals surface area contributed by atoms with Crippen molar-refractivity contribution in [3.63, 3.8) is 0 Å². The van der Waals surface area contributed by atoms with Gasteiger partial charge in [0.15, 0.2) is 0 Å². The second-order valence-corrected chi connectivity index (χ2v) is 26.6. The van der Waals surface area contributed by atoms with Crippen LogP contribution in [0.4, 0.5) is 0 Å². The molecular weight excluding hydrogens is 854 g/mol. The Kier molecular flexibility index (Phi) is 21.5. The fraction of sp³-hybridized carbons (Fsp3) is 0.314. The summed E-state index contributed by atoms with van der Waals surface area (Å²) in [6.45, 7) is 9.52. The van der Waals surface area contributed by atoms with Crippen LogP contribution in [-0.2, 0) is 40.6 Å². The first-order chi connectivity index (χ1) is 24.0. The molecule has 0 unspecified atom stereocenters. The SMILES string of the molecule is Br.CCOP(=O)(OCC)C(=O)C=C1C=C(CCc2ccccc2)NC=N1.C[Si](C)(C)Br.O=C(C=C1C=C(CCc2ccccc2)NC=N1)P(=O)(O)O. The van der Waals surface area contributed by atoms with Gasteiger partial charge in [-0.15, -0.1) is 32.3 Å². The number of rotatable bonds is 14. The van der Waals surface area contributed by atoms with Crippen LogP contribution in [0.15, 0.2) is 118 Å². The molecule has 4 rings (SSSR count). The highest BCUT2D eigenvalue weighted by Crippen LogP contribution is 2.49. The molecule has 12 nitrogen and oxygen atoms in total. The summed E-state index contributed by atoms with van der Waals surface area (Å²) in [6, 6.07) is 20.0. The third kappa shape index (κ3) is 19.8. The van der Waals surface area contributed by atoms with Crippen LogP contribution in [-0.4, -0.2) is 53.4 Å². The molecule has 0 radical (unpaired) electrons. The van der Waals surface area contributed by atoms with Crippen LogP contribution in [0.25, 0.3) is 0 Å². The highest BCUT2D eigenvalue weighted by Gasteiger charge is 2.32. The van der Waals surface area contributed by atoms with Crippen molar-refractivity contribution in [1.82, 2.24) is 10.6 Å². The Bertz CT molecular complexity index is 1720. The molecule has 284 valence electrons. The Morgan fingerprint density at radius 3 is 1.44 bits per heavy atom. The van der Waals surface area contributed by atoms with Crippen LogP contribution in [0, 0.1) is 0 Å². The largest absolute Gasteiger partial charge is 0.401 e. The molecule has 2 aromatic carbocycles. The first-order valence-corrected chi connectivity index (χ1v) is 25.2. The molecule has 0 fully saturated rings. The van der Waals surface area contributed by atoms with Gasteiger partial charge in [0.25, 0.3) is 11.0 Å². The average Bonchev–Trinajstić information content (AvgIpc) is 3.07. The number of halogens is 2. The van der Waals surface area contributed by atoms with Gasteiger partial charge in [-0.25, -0.2) is 9.98 Å². The third-order valence-corrected chi connectivity index (χ3v) is 8.89. The van der Waals surface area contributed by atoms with Crippen molar-refractivity contribution in [3.05, 3.63) is 119 Å². The summed E-state index contributed by atoms with van der Waals surface area (Å²) in [5, 5.41) is 6.02. The molecule has 17 heteroatoms. The maximum Gasteiger partial charge on any atom is 0.401 e. The van der Waals surface area contributed by atoms with Crippen molar-refractivity contribution in [2.24, 2.45) is 9.98 Å². The van der Waals surface area contributed by atoms with E-state index < -0.39 is 32.9 Å². The van der Waals surface area contributed by atoms with Crippen molar-refractivity contribution in [2.45, 2.75) is 59.2 Å². The van der Waals surface area contributed by atoms with Crippen LogP contribution in [0.5, 0.6) is 0 Å². The van der Waals surface area contributed by atoms with Crippen LogP contribution >= 0.6 is 47.5 Å². The molecule has 0 spiro atoms. The van der Waals surface area contributed by atoms with Crippen LogP contribution in [0.2, 0.25) is 19.6 Å². The van der Waals surface area contributed by atoms with Gasteiger partial charge in [-0.3, -0.25) is 18.7 Å². The molecular formula is C35H48Br2N4O8P2Si. The lowest BCUT2D eigenvalue weighted by Gasteiger charge is -2.15. The van der Waals surface area contributed by atoms with Gasteiger partial charge in [0, 0.05) is 23.5 Å². The zero-order valence-corrected chi connectivity index (χ0v) is 36.0. The molecule has 0 atom stereocenters. The van der Waals surface area contributed by atoms with Gasteiger partial charge >= 0.3 is 15.2 Å². The van der Waals surface area contributed by atoms with Crippen LogP contribution < -0.4 is 10.6 Å². The minimum absolute atomic E-state index is 0. The minimum Gasteiger partial charge on any atom is -0.350 e. The quantitative estimate of drug-likeness (QED) is 0.0625. The van der Waals surface area contributed by atoms with E-state index in [1.54, 1.807) is 26.0 Å². The summed E-state index contributed by atoms with van der Waals surface area (Å²) in [4.78, 5) is 49.0. The number of carbonyl (C=O) groups excluding carboxylic acids is 2. The zero-order chi connectivity index (χ0) is 37.9. The zero-order valence-electron chi connectivity index (χ0n) is 29.9. The molecule has 0 bridgehead atoms. The van der Waals surface area contributed by atoms with Crippen molar-refractivity contribution in [1.29, 1.82) is 0 Å². The number of benzene rings is 2. The van der Waals surface area contributed by atoms with Gasteiger partial charge < -0.3 is 29.5 Å². The molecule has 2 aliphatic rings. The molecule has 2 aromatic rings. The lowest BCUT2D eigenvalue weighted by molar-refractivity contribution is -0.110. The first-order valence-electron chi connectivity index (χ1n) is 16.3. The van der Waals surface area contributed by atoms with Crippen LogP contribution in [0.1, 0.15) is 37.8 Å². The summed E-state index contributed by atoms with van der Waals surface area (Å²) in [5.41, 5.74) is 2.89. The van der Waals surface area contributed by atoms with Gasteiger partial charge in [-0.2, -0.15) is 0 Å². The van der Waals surface area contributed by atoms with Crippen molar-refractivity contribution < 1.29 is 37.6 Å². The Morgan fingerprint density at radius 2 is 1.10 bits per heavy atom. The average molecular weight is 903 g/mol. The van der Waals surface area contributed by atoms with Crippen molar-refractivity contribution >= 4 is 77.9 Å². The van der Waals surface area contributed by atoms with E-state index in [2.05, 4.69) is 67.7 Å². The molecule has 0 saturated carbocycles. The molecule has 0 aromatic heterocycles. The second kappa shape index (κ2) is 23.7. The fourth-order valence-corrected chi connectivity index (χ4v) is 5.71. The summed E-state index contributed by atoms with van der Waals surface area (Å²) in [7, 11) is -8.54. The molecule has 2 aliphatic heterocycles. The molecule has 2 heterocycles. The lowest BCUT2D eigenvalue weighted by atomic mass is 10.1. The van der Waals surface area contributed by atoms with Gasteiger partial charge in [-0.1, -0.05) is 80.3 Å². The Morgan fingerprint density at radius 1 is 0.731 bits per heavy atom. The number of aryl methyl sites for hydroxylation is 2. The summed E-state index contributed by atoms with van der Waals surface area (Å²) >= 11 is 3.51. The van der Waals surface area contributed by atoms with E-state index in [-0.39, 0.29) is 35.9 Å². The lowest BCUT2D eigenvalue weighted by Crippen LogP contribution is -2.15. The summed E-state index contributed by atoms with van der Waals surface area (Å²) in [5.74, 6) is 0. The van der Waals surface area contributed by atoms with Crippen molar-refractivity contribution in [2.75, 3.05) is 13.2 Å². The van der Waals surface area contributed by atoms with E-state index in [0.29, 0.717) is 12.1 Å². The maximum absolute atomic E-state index is 12.5. The Labute approximate surface area is 325 Å². The number of aliphatic imine (C=N–C) groups is 2. The van der Waals surface area contributed by atoms with E-state index in [0.717, 1.165) is 36.7 Å². The number of nitrogens with zero attached hydrogens (tertiary/aromatic N) is 2. The standard InChI is InChI=1S/C18H23N2O4P.C14H15N2O4P.C3H9BrSi.BrH/c1-3-23-25(22,24-4-2)18(21)13-17-12-16(19-14-20-17)11-10-15-8-6-5-7-9-15;17-14(21(18,19)20)9-13-8-12(15-10-16-13)7-6-11-4-2-1-3-5-11;1-5(2,3)4;/h5-9,12-14H,3-4,10-11H2,1-2H3,(H,19,20);1-5,8-10H,6-7H2,(H,15,16)(H2,18,19,20);1-3H3;1H. The van der Waals surface area contributed by atoms with E-state index >= 15 is 0 Å². The summed E-state index contributed by atoms with van der Waals surface area (Å²) < 4.78 is 33.4. The van der Waals surface area contributed by atoms with Crippen molar-refractivity contribution in [3.8, 4) is 0 Å². The smallest absolute Gasteiger partial charge is 0.350 e. The second-order valence-electron chi connectivity index (χ2n) is 11.9. The van der Waals surface area contributed by atoms with Gasteiger partial charge in [-0.05, 0) is 62.8 Å².